The molecular formula is C15H31NO. The van der Waals surface area contributed by atoms with Gasteiger partial charge in [-0.05, 0) is 37.6 Å². The number of unbranched alkanes of at least 4 members (excludes halogenated alkanes) is 3. The van der Waals surface area contributed by atoms with Crippen molar-refractivity contribution in [3.8, 4) is 0 Å². The molecule has 0 bridgehead atoms. The van der Waals surface area contributed by atoms with Crippen molar-refractivity contribution >= 4 is 0 Å². The Balaban J connectivity index is 2.29. The van der Waals surface area contributed by atoms with Crippen LogP contribution in [-0.2, 0) is 4.74 Å². The Kier molecular flexibility index (Phi) is 7.87. The summed E-state index contributed by atoms with van der Waals surface area (Å²) in [4.78, 5) is 0. The summed E-state index contributed by atoms with van der Waals surface area (Å²) in [6.07, 6.45) is 10.7. The van der Waals surface area contributed by atoms with Gasteiger partial charge in [0.1, 0.15) is 0 Å². The molecule has 0 atom stereocenters. The summed E-state index contributed by atoms with van der Waals surface area (Å²) in [5, 5.41) is 3.63. The van der Waals surface area contributed by atoms with Crippen molar-refractivity contribution in [1.29, 1.82) is 0 Å². The average Bonchev–Trinajstić information content (AvgIpc) is 2.36. The third-order valence-electron chi connectivity index (χ3n) is 4.04. The first-order valence-corrected chi connectivity index (χ1v) is 7.61. The topological polar surface area (TPSA) is 21.3 Å². The van der Waals surface area contributed by atoms with Gasteiger partial charge >= 0.3 is 0 Å². The Labute approximate surface area is 108 Å². The van der Waals surface area contributed by atoms with Crippen LogP contribution in [0.5, 0.6) is 0 Å². The fourth-order valence-electron chi connectivity index (χ4n) is 2.78. The van der Waals surface area contributed by atoms with Crippen LogP contribution in [0.1, 0.15) is 65.2 Å². The van der Waals surface area contributed by atoms with Crippen molar-refractivity contribution in [2.45, 2.75) is 65.2 Å². The smallest absolute Gasteiger partial charge is 0.0471 e. The number of hydrogen-bond acceptors (Lipinski definition) is 2. The average molecular weight is 241 g/mol. The summed E-state index contributed by atoms with van der Waals surface area (Å²) >= 11 is 0. The fraction of sp³-hybridized carbons (Fsp3) is 1.00. The van der Waals surface area contributed by atoms with E-state index in [1.165, 1.54) is 57.9 Å². The second-order valence-electron chi connectivity index (χ2n) is 5.60. The lowest BCUT2D eigenvalue weighted by Crippen LogP contribution is -2.39. The van der Waals surface area contributed by atoms with Crippen molar-refractivity contribution in [3.63, 3.8) is 0 Å². The highest BCUT2D eigenvalue weighted by molar-refractivity contribution is 4.84. The second-order valence-corrected chi connectivity index (χ2v) is 5.60. The molecule has 1 fully saturated rings. The standard InChI is InChI=1S/C15H31NO/c1-3-5-6-7-8-15(14-16-11-4-2)9-12-17-13-10-15/h16H,3-14H2,1-2H3. The first kappa shape index (κ1) is 15.0. The van der Waals surface area contributed by atoms with Gasteiger partial charge in [-0.15, -0.1) is 0 Å². The molecule has 17 heavy (non-hydrogen) atoms. The lowest BCUT2D eigenvalue weighted by Gasteiger charge is -2.37. The number of nitrogens with one attached hydrogen (secondary N) is 1. The van der Waals surface area contributed by atoms with E-state index < -0.39 is 0 Å². The van der Waals surface area contributed by atoms with Gasteiger partial charge < -0.3 is 10.1 Å². The molecule has 0 aromatic carbocycles. The van der Waals surface area contributed by atoms with E-state index >= 15 is 0 Å². The molecule has 0 saturated carbocycles. The summed E-state index contributed by atoms with van der Waals surface area (Å²) in [5.41, 5.74) is 0.543. The highest BCUT2D eigenvalue weighted by atomic mass is 16.5. The molecule has 1 saturated heterocycles. The zero-order chi connectivity index (χ0) is 12.4. The lowest BCUT2D eigenvalue weighted by molar-refractivity contribution is 0.00924. The minimum absolute atomic E-state index is 0.543. The lowest BCUT2D eigenvalue weighted by atomic mass is 9.76. The molecule has 0 unspecified atom stereocenters. The molecule has 0 radical (unpaired) electrons. The molecule has 1 N–H and O–H groups in total. The zero-order valence-corrected chi connectivity index (χ0v) is 11.9. The van der Waals surface area contributed by atoms with Gasteiger partial charge in [-0.1, -0.05) is 39.5 Å². The molecule has 2 heteroatoms. The third kappa shape index (κ3) is 5.87. The largest absolute Gasteiger partial charge is 0.381 e. The molecule has 0 aliphatic carbocycles. The molecular weight excluding hydrogens is 210 g/mol. The molecule has 0 aromatic heterocycles. The summed E-state index contributed by atoms with van der Waals surface area (Å²) in [6, 6.07) is 0. The first-order chi connectivity index (χ1) is 8.33. The van der Waals surface area contributed by atoms with Crippen LogP contribution in [0.25, 0.3) is 0 Å². The van der Waals surface area contributed by atoms with Gasteiger partial charge in [-0.3, -0.25) is 0 Å². The van der Waals surface area contributed by atoms with Crippen molar-refractivity contribution in [3.05, 3.63) is 0 Å². The minimum atomic E-state index is 0.543. The van der Waals surface area contributed by atoms with E-state index in [9.17, 15) is 0 Å². The third-order valence-corrected chi connectivity index (χ3v) is 4.04. The highest BCUT2D eigenvalue weighted by Gasteiger charge is 2.31. The maximum Gasteiger partial charge on any atom is 0.0471 e. The summed E-state index contributed by atoms with van der Waals surface area (Å²) in [5.74, 6) is 0. The quantitative estimate of drug-likeness (QED) is 0.621. The van der Waals surface area contributed by atoms with Gasteiger partial charge in [0.2, 0.25) is 0 Å². The van der Waals surface area contributed by atoms with Crippen LogP contribution in [0.3, 0.4) is 0 Å². The van der Waals surface area contributed by atoms with E-state index in [1.54, 1.807) is 0 Å². The maximum atomic E-state index is 5.53. The van der Waals surface area contributed by atoms with Crippen LogP contribution in [0.15, 0.2) is 0 Å². The normalized spacial score (nSPS) is 19.4. The second kappa shape index (κ2) is 8.93. The molecule has 102 valence electrons. The Morgan fingerprint density at radius 3 is 2.41 bits per heavy atom. The van der Waals surface area contributed by atoms with Gasteiger partial charge in [0.15, 0.2) is 0 Å². The van der Waals surface area contributed by atoms with E-state index in [1.807, 2.05) is 0 Å². The van der Waals surface area contributed by atoms with E-state index in [2.05, 4.69) is 19.2 Å². The van der Waals surface area contributed by atoms with Crippen LogP contribution in [0, 0.1) is 5.41 Å². The van der Waals surface area contributed by atoms with E-state index in [0.29, 0.717) is 5.41 Å². The predicted octanol–water partition coefficient (Wildman–Crippen LogP) is 3.75. The van der Waals surface area contributed by atoms with Gasteiger partial charge in [0.05, 0.1) is 0 Å². The Morgan fingerprint density at radius 2 is 1.76 bits per heavy atom. The Morgan fingerprint density at radius 1 is 1.00 bits per heavy atom. The van der Waals surface area contributed by atoms with E-state index in [-0.39, 0.29) is 0 Å². The summed E-state index contributed by atoms with van der Waals surface area (Å²) in [7, 11) is 0. The van der Waals surface area contributed by atoms with E-state index in [4.69, 9.17) is 4.74 Å². The highest BCUT2D eigenvalue weighted by Crippen LogP contribution is 2.35. The minimum Gasteiger partial charge on any atom is -0.381 e. The van der Waals surface area contributed by atoms with Crippen LogP contribution in [-0.4, -0.2) is 26.3 Å². The van der Waals surface area contributed by atoms with Crippen LogP contribution in [0.2, 0.25) is 0 Å². The Bertz CT molecular complexity index is 176. The molecule has 0 spiro atoms. The molecule has 2 nitrogen and oxygen atoms in total. The Hall–Kier alpha value is -0.0800. The zero-order valence-electron chi connectivity index (χ0n) is 11.9. The van der Waals surface area contributed by atoms with Gasteiger partial charge in [0, 0.05) is 19.8 Å². The monoisotopic (exact) mass is 241 g/mol. The predicted molar refractivity (Wildman–Crippen MR) is 74.4 cm³/mol. The van der Waals surface area contributed by atoms with Gasteiger partial charge in [0.25, 0.3) is 0 Å². The van der Waals surface area contributed by atoms with Crippen molar-refractivity contribution < 1.29 is 4.74 Å². The number of ether oxygens (including phenoxy) is 1. The van der Waals surface area contributed by atoms with Gasteiger partial charge in [-0.25, -0.2) is 0 Å². The fourth-order valence-corrected chi connectivity index (χ4v) is 2.78. The van der Waals surface area contributed by atoms with Crippen molar-refractivity contribution in [2.24, 2.45) is 5.41 Å². The van der Waals surface area contributed by atoms with Crippen LogP contribution < -0.4 is 5.32 Å². The summed E-state index contributed by atoms with van der Waals surface area (Å²) in [6.45, 7) is 8.84. The summed E-state index contributed by atoms with van der Waals surface area (Å²) < 4.78 is 5.53. The van der Waals surface area contributed by atoms with E-state index in [0.717, 1.165) is 19.8 Å². The van der Waals surface area contributed by atoms with Crippen LogP contribution in [0.4, 0.5) is 0 Å². The number of rotatable bonds is 9. The van der Waals surface area contributed by atoms with Crippen LogP contribution >= 0.6 is 0 Å². The van der Waals surface area contributed by atoms with Crippen molar-refractivity contribution in [1.82, 2.24) is 5.32 Å². The molecule has 1 rings (SSSR count). The molecule has 1 heterocycles. The van der Waals surface area contributed by atoms with Crippen molar-refractivity contribution in [2.75, 3.05) is 26.3 Å². The molecule has 0 aromatic rings. The number of hydrogen-bond donors (Lipinski definition) is 1. The molecule has 1 aliphatic rings. The van der Waals surface area contributed by atoms with Gasteiger partial charge in [-0.2, -0.15) is 0 Å². The SMILES string of the molecule is CCCCCCC1(CNCCC)CCOCC1. The molecule has 0 amide bonds. The molecule has 1 aliphatic heterocycles. The maximum absolute atomic E-state index is 5.53. The first-order valence-electron chi connectivity index (χ1n) is 7.61.